The summed E-state index contributed by atoms with van der Waals surface area (Å²) in [7, 11) is 0. The summed E-state index contributed by atoms with van der Waals surface area (Å²) < 4.78 is 11.1. The van der Waals surface area contributed by atoms with Crippen molar-refractivity contribution in [3.63, 3.8) is 0 Å². The van der Waals surface area contributed by atoms with Crippen LogP contribution in [-0.2, 0) is 27.5 Å². The number of likely N-dealkylation sites (tertiary alicyclic amines) is 1. The zero-order valence-electron chi connectivity index (χ0n) is 17.2. The third-order valence-electron chi connectivity index (χ3n) is 5.51. The molecular weight excluding hydrogens is 390 g/mol. The van der Waals surface area contributed by atoms with E-state index >= 15 is 0 Å². The van der Waals surface area contributed by atoms with Crippen molar-refractivity contribution in [3.8, 4) is 0 Å². The van der Waals surface area contributed by atoms with Crippen LogP contribution in [0.5, 0.6) is 0 Å². The summed E-state index contributed by atoms with van der Waals surface area (Å²) in [4.78, 5) is 27.3. The van der Waals surface area contributed by atoms with E-state index in [4.69, 9.17) is 9.47 Å². The van der Waals surface area contributed by atoms with Crippen molar-refractivity contribution in [2.45, 2.75) is 31.6 Å². The highest BCUT2D eigenvalue weighted by molar-refractivity contribution is 5.82. The second-order valence-electron chi connectivity index (χ2n) is 7.64. The molecule has 31 heavy (non-hydrogen) atoms. The largest absolute Gasteiger partial charge is 0.459 e. The molecule has 0 spiro atoms. The third-order valence-corrected chi connectivity index (χ3v) is 5.51. The van der Waals surface area contributed by atoms with Crippen molar-refractivity contribution >= 4 is 12.1 Å². The van der Waals surface area contributed by atoms with Gasteiger partial charge in [0.15, 0.2) is 0 Å². The highest BCUT2D eigenvalue weighted by Crippen LogP contribution is 2.33. The van der Waals surface area contributed by atoms with Crippen LogP contribution in [0.2, 0.25) is 0 Å². The Labute approximate surface area is 182 Å². The molecule has 4 rings (SSSR count). The number of esters is 1. The summed E-state index contributed by atoms with van der Waals surface area (Å²) in [6.45, 7) is 0.764. The molecule has 0 aliphatic carbocycles. The van der Waals surface area contributed by atoms with Crippen LogP contribution in [0.15, 0.2) is 91.0 Å². The number of benzene rings is 3. The zero-order chi connectivity index (χ0) is 21.5. The number of nitrogens with zero attached hydrogens (tertiary/aromatic N) is 1. The van der Waals surface area contributed by atoms with Crippen LogP contribution in [0, 0.1) is 0 Å². The van der Waals surface area contributed by atoms with E-state index in [1.807, 2.05) is 91.0 Å². The Morgan fingerprint density at radius 1 is 0.742 bits per heavy atom. The van der Waals surface area contributed by atoms with E-state index in [0.717, 1.165) is 16.7 Å². The summed E-state index contributed by atoms with van der Waals surface area (Å²) in [5, 5.41) is 0. The molecule has 0 aromatic heterocycles. The Hall–Kier alpha value is -3.60. The van der Waals surface area contributed by atoms with E-state index in [0.29, 0.717) is 13.0 Å². The Morgan fingerprint density at radius 2 is 1.26 bits per heavy atom. The Kier molecular flexibility index (Phi) is 6.62. The first kappa shape index (κ1) is 20.7. The van der Waals surface area contributed by atoms with E-state index in [1.165, 1.54) is 4.90 Å². The predicted molar refractivity (Wildman–Crippen MR) is 117 cm³/mol. The zero-order valence-corrected chi connectivity index (χ0v) is 17.2. The SMILES string of the molecule is O=C(OCc1ccccc1)[C@@H]1CC(c2ccccc2)CN1C(=O)OCc1ccccc1. The first-order valence-corrected chi connectivity index (χ1v) is 10.4. The molecule has 1 aliphatic rings. The van der Waals surface area contributed by atoms with Crippen LogP contribution in [0.1, 0.15) is 29.0 Å². The number of hydrogen-bond donors (Lipinski definition) is 0. The molecule has 1 unspecified atom stereocenters. The van der Waals surface area contributed by atoms with Crippen LogP contribution in [0.25, 0.3) is 0 Å². The number of hydrogen-bond acceptors (Lipinski definition) is 4. The van der Waals surface area contributed by atoms with Crippen LogP contribution in [-0.4, -0.2) is 29.5 Å². The fraction of sp³-hybridized carbons (Fsp3) is 0.231. The Balaban J connectivity index is 1.45. The van der Waals surface area contributed by atoms with E-state index in [-0.39, 0.29) is 19.1 Å². The maximum absolute atomic E-state index is 12.9. The van der Waals surface area contributed by atoms with E-state index in [9.17, 15) is 9.59 Å². The van der Waals surface area contributed by atoms with Gasteiger partial charge < -0.3 is 9.47 Å². The van der Waals surface area contributed by atoms with Gasteiger partial charge in [0.25, 0.3) is 0 Å². The van der Waals surface area contributed by atoms with Gasteiger partial charge in [-0.15, -0.1) is 0 Å². The Bertz CT molecular complexity index is 928. The first-order valence-electron chi connectivity index (χ1n) is 10.4. The summed E-state index contributed by atoms with van der Waals surface area (Å²) in [6, 6.07) is 28.3. The van der Waals surface area contributed by atoms with Crippen molar-refractivity contribution in [1.29, 1.82) is 0 Å². The maximum Gasteiger partial charge on any atom is 0.410 e. The minimum absolute atomic E-state index is 0.0553. The third kappa shape index (κ3) is 5.31. The second kappa shape index (κ2) is 9.94. The van der Waals surface area contributed by atoms with Gasteiger partial charge in [0.1, 0.15) is 19.3 Å². The van der Waals surface area contributed by atoms with Gasteiger partial charge in [-0.3, -0.25) is 4.90 Å². The predicted octanol–water partition coefficient (Wildman–Crippen LogP) is 4.92. The summed E-state index contributed by atoms with van der Waals surface area (Å²) in [5.74, 6) is -0.348. The standard InChI is InChI=1S/C26H25NO4/c28-25(30-18-20-10-4-1-5-11-20)24-16-23(22-14-8-3-9-15-22)17-27(24)26(29)31-19-21-12-6-2-7-13-21/h1-15,23-24H,16-19H2/t23?,24-/m0/s1. The molecule has 3 aromatic rings. The molecule has 1 fully saturated rings. The number of carbonyl (C=O) groups is 2. The van der Waals surface area contributed by atoms with Crippen LogP contribution in [0.4, 0.5) is 4.79 Å². The molecule has 1 amide bonds. The Morgan fingerprint density at radius 3 is 1.84 bits per heavy atom. The molecule has 5 nitrogen and oxygen atoms in total. The molecule has 158 valence electrons. The maximum atomic E-state index is 12.9. The van der Waals surface area contributed by atoms with Gasteiger partial charge >= 0.3 is 12.1 Å². The topological polar surface area (TPSA) is 55.8 Å². The van der Waals surface area contributed by atoms with Gasteiger partial charge in [-0.25, -0.2) is 9.59 Å². The van der Waals surface area contributed by atoms with E-state index in [1.54, 1.807) is 0 Å². The van der Waals surface area contributed by atoms with E-state index < -0.39 is 18.1 Å². The van der Waals surface area contributed by atoms with Crippen molar-refractivity contribution in [2.24, 2.45) is 0 Å². The molecule has 1 saturated heterocycles. The molecule has 5 heteroatoms. The van der Waals surface area contributed by atoms with Gasteiger partial charge in [-0.1, -0.05) is 91.0 Å². The van der Waals surface area contributed by atoms with Crippen LogP contribution < -0.4 is 0 Å². The first-order chi connectivity index (χ1) is 15.2. The molecule has 1 aliphatic heterocycles. The van der Waals surface area contributed by atoms with Gasteiger partial charge in [-0.05, 0) is 23.1 Å². The number of ether oxygens (including phenoxy) is 2. The van der Waals surface area contributed by atoms with E-state index in [2.05, 4.69) is 0 Å². The van der Waals surface area contributed by atoms with Crippen molar-refractivity contribution in [2.75, 3.05) is 6.54 Å². The molecule has 0 bridgehead atoms. The quantitative estimate of drug-likeness (QED) is 0.536. The smallest absolute Gasteiger partial charge is 0.410 e. The number of carbonyl (C=O) groups excluding carboxylic acids is 2. The average Bonchev–Trinajstić information content (AvgIpc) is 3.29. The molecule has 3 aromatic carbocycles. The van der Waals surface area contributed by atoms with Gasteiger partial charge in [0.2, 0.25) is 0 Å². The van der Waals surface area contributed by atoms with Gasteiger partial charge in [-0.2, -0.15) is 0 Å². The van der Waals surface area contributed by atoms with Crippen molar-refractivity contribution < 1.29 is 19.1 Å². The molecule has 1 heterocycles. The highest BCUT2D eigenvalue weighted by atomic mass is 16.6. The fourth-order valence-corrected chi connectivity index (χ4v) is 3.85. The minimum atomic E-state index is -0.669. The molecule has 2 atom stereocenters. The summed E-state index contributed by atoms with van der Waals surface area (Å²) in [6.07, 6.45) is 0.0156. The van der Waals surface area contributed by atoms with Gasteiger partial charge in [0, 0.05) is 12.5 Å². The lowest BCUT2D eigenvalue weighted by Gasteiger charge is -2.22. The lowest BCUT2D eigenvalue weighted by atomic mass is 9.96. The van der Waals surface area contributed by atoms with Crippen molar-refractivity contribution in [1.82, 2.24) is 4.90 Å². The van der Waals surface area contributed by atoms with Gasteiger partial charge in [0.05, 0.1) is 0 Å². The average molecular weight is 415 g/mol. The minimum Gasteiger partial charge on any atom is -0.459 e. The summed E-state index contributed by atoms with van der Waals surface area (Å²) in [5.41, 5.74) is 2.91. The molecule has 0 radical (unpaired) electrons. The normalized spacial score (nSPS) is 17.9. The van der Waals surface area contributed by atoms with Crippen LogP contribution in [0.3, 0.4) is 0 Å². The monoisotopic (exact) mass is 415 g/mol. The van der Waals surface area contributed by atoms with Crippen molar-refractivity contribution in [3.05, 3.63) is 108 Å². The summed E-state index contributed by atoms with van der Waals surface area (Å²) >= 11 is 0. The lowest BCUT2D eigenvalue weighted by molar-refractivity contribution is -0.149. The molecular formula is C26H25NO4. The molecule has 0 N–H and O–H groups in total. The number of rotatable bonds is 6. The lowest BCUT2D eigenvalue weighted by Crippen LogP contribution is -2.41. The molecule has 0 saturated carbocycles. The second-order valence-corrected chi connectivity index (χ2v) is 7.64. The van der Waals surface area contributed by atoms with Crippen LogP contribution >= 0.6 is 0 Å². The number of amides is 1. The fourth-order valence-electron chi connectivity index (χ4n) is 3.85. The highest BCUT2D eigenvalue weighted by Gasteiger charge is 2.42.